The van der Waals surface area contributed by atoms with E-state index in [0.717, 1.165) is 5.02 Å². The maximum absolute atomic E-state index is 11.7. The average molecular weight is 269 g/mol. The van der Waals surface area contributed by atoms with Crippen LogP contribution in [-0.4, -0.2) is 41.8 Å². The molecule has 0 bridgehead atoms. The van der Waals surface area contributed by atoms with Crippen LogP contribution in [0.3, 0.4) is 0 Å². The zero-order valence-electron chi connectivity index (χ0n) is 10.3. The first-order valence-electron chi connectivity index (χ1n) is 6.02. The zero-order valence-corrected chi connectivity index (χ0v) is 11.0. The van der Waals surface area contributed by atoms with Crippen LogP contribution in [0.5, 0.6) is 0 Å². The van der Waals surface area contributed by atoms with Gasteiger partial charge in [-0.05, 0) is 24.6 Å². The molecule has 0 spiro atoms. The molecule has 5 heteroatoms. The Morgan fingerprint density at radius 3 is 2.67 bits per heavy atom. The summed E-state index contributed by atoms with van der Waals surface area (Å²) in [6.07, 6.45) is 0. The van der Waals surface area contributed by atoms with Crippen molar-refractivity contribution in [2.24, 2.45) is 0 Å². The van der Waals surface area contributed by atoms with Gasteiger partial charge in [0, 0.05) is 24.0 Å². The summed E-state index contributed by atoms with van der Waals surface area (Å²) in [4.78, 5) is 13.4. The number of carbonyl (C=O) groups excluding carboxylic acids is 1. The first-order valence-corrected chi connectivity index (χ1v) is 6.39. The summed E-state index contributed by atoms with van der Waals surface area (Å²) >= 11 is 5.83. The highest BCUT2D eigenvalue weighted by Gasteiger charge is 2.31. The molecule has 1 atom stereocenters. The number of nitrogens with one attached hydrogen (secondary N) is 1. The highest BCUT2D eigenvalue weighted by molar-refractivity contribution is 6.30. The van der Waals surface area contributed by atoms with E-state index in [0.29, 0.717) is 19.0 Å². The smallest absolute Gasteiger partial charge is 0.317 e. The first kappa shape index (κ1) is 13.2. The van der Waals surface area contributed by atoms with Crippen LogP contribution >= 0.6 is 11.6 Å². The fraction of sp³-hybridized carbons (Fsp3) is 0.462. The van der Waals surface area contributed by atoms with Crippen molar-refractivity contribution in [1.29, 1.82) is 0 Å². The Hall–Kier alpha value is -1.26. The van der Waals surface area contributed by atoms with Crippen molar-refractivity contribution in [3.8, 4) is 0 Å². The van der Waals surface area contributed by atoms with E-state index >= 15 is 0 Å². The van der Waals surface area contributed by atoms with Gasteiger partial charge in [-0.1, -0.05) is 23.7 Å². The van der Waals surface area contributed by atoms with E-state index < -0.39 is 0 Å². The molecule has 1 saturated heterocycles. The Kier molecular flexibility index (Phi) is 4.09. The number of amides is 2. The molecule has 2 N–H and O–H groups in total. The average Bonchev–Trinajstić information content (AvgIpc) is 2.29. The summed E-state index contributed by atoms with van der Waals surface area (Å²) in [5.41, 5.74) is 1.21. The normalized spacial score (nSPS) is 17.2. The maximum Gasteiger partial charge on any atom is 0.317 e. The third-order valence-corrected chi connectivity index (χ3v) is 3.41. The summed E-state index contributed by atoms with van der Waals surface area (Å²) in [5, 5.41) is 12.3. The topological polar surface area (TPSA) is 52.6 Å². The lowest BCUT2D eigenvalue weighted by atomic mass is 9.92. The summed E-state index contributed by atoms with van der Waals surface area (Å²) < 4.78 is 0. The van der Waals surface area contributed by atoms with Crippen LogP contribution in [0.1, 0.15) is 18.4 Å². The van der Waals surface area contributed by atoms with Gasteiger partial charge >= 0.3 is 6.03 Å². The monoisotopic (exact) mass is 268 g/mol. The number of aliphatic hydroxyl groups is 1. The van der Waals surface area contributed by atoms with Crippen molar-refractivity contribution < 1.29 is 9.90 Å². The van der Waals surface area contributed by atoms with Crippen LogP contribution in [-0.2, 0) is 0 Å². The number of benzene rings is 1. The van der Waals surface area contributed by atoms with Crippen LogP contribution in [0.15, 0.2) is 24.3 Å². The third kappa shape index (κ3) is 2.94. The van der Waals surface area contributed by atoms with Gasteiger partial charge in [-0.15, -0.1) is 0 Å². The fourth-order valence-corrected chi connectivity index (χ4v) is 2.06. The second kappa shape index (κ2) is 5.59. The van der Waals surface area contributed by atoms with E-state index in [1.165, 1.54) is 5.56 Å². The number of halogens is 1. The van der Waals surface area contributed by atoms with E-state index in [4.69, 9.17) is 16.7 Å². The molecule has 18 heavy (non-hydrogen) atoms. The van der Waals surface area contributed by atoms with Crippen molar-refractivity contribution >= 4 is 17.6 Å². The molecule has 1 aromatic carbocycles. The lowest BCUT2D eigenvalue weighted by Gasteiger charge is -2.40. The number of hydrogen-bond donors (Lipinski definition) is 2. The molecule has 0 saturated carbocycles. The maximum atomic E-state index is 11.7. The molecule has 1 heterocycles. The quantitative estimate of drug-likeness (QED) is 0.879. The van der Waals surface area contributed by atoms with Gasteiger partial charge in [0.25, 0.3) is 0 Å². The number of rotatable bonds is 3. The summed E-state index contributed by atoms with van der Waals surface area (Å²) in [7, 11) is 0. The molecular weight excluding hydrogens is 252 g/mol. The summed E-state index contributed by atoms with van der Waals surface area (Å²) in [5.74, 6) is 0.387. The molecule has 1 aromatic rings. The van der Waals surface area contributed by atoms with Crippen LogP contribution in [0.25, 0.3) is 0 Å². The Balaban J connectivity index is 1.83. The van der Waals surface area contributed by atoms with E-state index in [2.05, 4.69) is 5.32 Å². The van der Waals surface area contributed by atoms with E-state index in [-0.39, 0.29) is 18.7 Å². The summed E-state index contributed by atoms with van der Waals surface area (Å²) in [6.45, 7) is 3.16. The van der Waals surface area contributed by atoms with Crippen molar-refractivity contribution in [1.82, 2.24) is 10.2 Å². The standard InChI is InChI=1S/C13H17ClN2O2/c1-9(8-17)15-13(18)16-6-11(7-16)10-2-4-12(14)5-3-10/h2-5,9,11,17H,6-8H2,1H3,(H,15,18)/t9-/m1/s1. The molecule has 1 aliphatic heterocycles. The van der Waals surface area contributed by atoms with E-state index in [9.17, 15) is 4.79 Å². The molecule has 4 nitrogen and oxygen atoms in total. The predicted octanol–water partition coefficient (Wildman–Crippen LogP) is 1.83. The Labute approximate surface area is 112 Å². The number of carbonyl (C=O) groups is 1. The molecule has 98 valence electrons. The van der Waals surface area contributed by atoms with Gasteiger partial charge in [-0.3, -0.25) is 0 Å². The minimum atomic E-state index is -0.202. The number of hydrogen-bond acceptors (Lipinski definition) is 2. The lowest BCUT2D eigenvalue weighted by Crippen LogP contribution is -2.54. The number of likely N-dealkylation sites (tertiary alicyclic amines) is 1. The molecule has 1 aliphatic rings. The van der Waals surface area contributed by atoms with Crippen molar-refractivity contribution in [2.75, 3.05) is 19.7 Å². The Morgan fingerprint density at radius 2 is 2.11 bits per heavy atom. The highest BCUT2D eigenvalue weighted by atomic mass is 35.5. The molecule has 0 radical (unpaired) electrons. The summed E-state index contributed by atoms with van der Waals surface area (Å²) in [6, 6.07) is 7.42. The highest BCUT2D eigenvalue weighted by Crippen LogP contribution is 2.27. The Morgan fingerprint density at radius 1 is 1.50 bits per heavy atom. The van der Waals surface area contributed by atoms with Gasteiger partial charge < -0.3 is 15.3 Å². The third-order valence-electron chi connectivity index (χ3n) is 3.15. The van der Waals surface area contributed by atoms with Gasteiger partial charge in [0.2, 0.25) is 0 Å². The minimum absolute atomic E-state index is 0.0415. The second-order valence-corrected chi connectivity index (χ2v) is 5.12. The molecular formula is C13H17ClN2O2. The predicted molar refractivity (Wildman–Crippen MR) is 70.8 cm³/mol. The largest absolute Gasteiger partial charge is 0.394 e. The van der Waals surface area contributed by atoms with Crippen molar-refractivity contribution in [2.45, 2.75) is 18.9 Å². The number of nitrogens with zero attached hydrogens (tertiary/aromatic N) is 1. The first-order chi connectivity index (χ1) is 8.60. The number of urea groups is 1. The van der Waals surface area contributed by atoms with Gasteiger partial charge in [-0.2, -0.15) is 0 Å². The van der Waals surface area contributed by atoms with Crippen LogP contribution in [0.2, 0.25) is 5.02 Å². The van der Waals surface area contributed by atoms with Gasteiger partial charge in [0.15, 0.2) is 0 Å². The molecule has 0 aromatic heterocycles. The molecule has 1 fully saturated rings. The molecule has 2 rings (SSSR count). The van der Waals surface area contributed by atoms with Crippen molar-refractivity contribution in [3.05, 3.63) is 34.9 Å². The second-order valence-electron chi connectivity index (χ2n) is 4.69. The van der Waals surface area contributed by atoms with Gasteiger partial charge in [-0.25, -0.2) is 4.79 Å². The zero-order chi connectivity index (χ0) is 13.1. The molecule has 2 amide bonds. The minimum Gasteiger partial charge on any atom is -0.394 e. The molecule has 0 unspecified atom stereocenters. The SMILES string of the molecule is C[C@H](CO)NC(=O)N1CC(c2ccc(Cl)cc2)C1. The fourth-order valence-electron chi connectivity index (χ4n) is 1.94. The van der Waals surface area contributed by atoms with Crippen LogP contribution in [0.4, 0.5) is 4.79 Å². The molecule has 0 aliphatic carbocycles. The van der Waals surface area contributed by atoms with E-state index in [1.807, 2.05) is 24.3 Å². The van der Waals surface area contributed by atoms with Crippen molar-refractivity contribution in [3.63, 3.8) is 0 Å². The number of aliphatic hydroxyl groups excluding tert-OH is 1. The van der Waals surface area contributed by atoms with Gasteiger partial charge in [0.1, 0.15) is 0 Å². The Bertz CT molecular complexity index is 416. The lowest BCUT2D eigenvalue weighted by molar-refractivity contribution is 0.143. The van der Waals surface area contributed by atoms with E-state index in [1.54, 1.807) is 11.8 Å². The van der Waals surface area contributed by atoms with Gasteiger partial charge in [0.05, 0.1) is 12.6 Å². The van der Waals surface area contributed by atoms with Crippen LogP contribution in [0, 0.1) is 0 Å². The van der Waals surface area contributed by atoms with Crippen LogP contribution < -0.4 is 5.32 Å².